The number of nitrogens with one attached hydrogen (secondary N) is 4. The van der Waals surface area contributed by atoms with E-state index in [9.17, 15) is 9.59 Å². The van der Waals surface area contributed by atoms with E-state index in [1.54, 1.807) is 24.9 Å². The lowest BCUT2D eigenvalue weighted by atomic mass is 10.0. The van der Waals surface area contributed by atoms with E-state index in [0.29, 0.717) is 34.4 Å². The highest BCUT2D eigenvalue weighted by molar-refractivity contribution is 6.34. The van der Waals surface area contributed by atoms with Crippen LogP contribution < -0.4 is 21.0 Å². The van der Waals surface area contributed by atoms with Gasteiger partial charge in [0.25, 0.3) is 5.91 Å². The standard InChI is InChI=1S/C31H38ClN11O2/c1-18(25-7-6-8-27(37-25)42-12-11-22(17-42)41(4)5)36-29(44)19(2)43-16-21-10-9-20(13-23(21)30(43)45)28-24(32)15-35-31(39-28)38-26(14-33)40-34-3/h6-10,13-15,18-19,22,33-34H,11-12,16-17H2,1-5H3,(H,36,44)(H,35,38,39,40)/t18-,19-,22-/m1/s1. The molecule has 0 aliphatic carbocycles. The van der Waals surface area contributed by atoms with Crippen molar-refractivity contribution in [3.63, 3.8) is 0 Å². The van der Waals surface area contributed by atoms with Crippen LogP contribution in [0.15, 0.2) is 47.7 Å². The molecular formula is C31H38ClN11O2. The van der Waals surface area contributed by atoms with Crippen LogP contribution in [0, 0.1) is 5.41 Å². The van der Waals surface area contributed by atoms with E-state index in [-0.39, 0.29) is 29.6 Å². The molecular weight excluding hydrogens is 594 g/mol. The summed E-state index contributed by atoms with van der Waals surface area (Å²) in [5.41, 5.74) is 5.69. The third-order valence-electron chi connectivity index (χ3n) is 8.19. The highest BCUT2D eigenvalue weighted by atomic mass is 35.5. The molecule has 5 rings (SSSR count). The molecule has 0 spiro atoms. The van der Waals surface area contributed by atoms with Crippen LogP contribution in [0.2, 0.25) is 5.02 Å². The smallest absolute Gasteiger partial charge is 0.255 e. The van der Waals surface area contributed by atoms with Crippen molar-refractivity contribution in [1.82, 2.24) is 35.5 Å². The van der Waals surface area contributed by atoms with Crippen molar-refractivity contribution < 1.29 is 9.59 Å². The molecule has 1 saturated heterocycles. The molecule has 0 bridgehead atoms. The Morgan fingerprint density at radius 2 is 2.02 bits per heavy atom. The molecule has 3 aromatic rings. The molecule has 14 heteroatoms. The molecule has 2 amide bonds. The van der Waals surface area contributed by atoms with Crippen LogP contribution in [-0.2, 0) is 11.3 Å². The number of nitrogens with zero attached hydrogens (tertiary/aromatic N) is 7. The van der Waals surface area contributed by atoms with Crippen LogP contribution >= 0.6 is 11.6 Å². The van der Waals surface area contributed by atoms with Gasteiger partial charge >= 0.3 is 0 Å². The van der Waals surface area contributed by atoms with Crippen molar-refractivity contribution >= 4 is 47.2 Å². The van der Waals surface area contributed by atoms with E-state index in [4.69, 9.17) is 22.0 Å². The van der Waals surface area contributed by atoms with Crippen LogP contribution in [0.5, 0.6) is 0 Å². The predicted octanol–water partition coefficient (Wildman–Crippen LogP) is 3.15. The zero-order valence-corrected chi connectivity index (χ0v) is 26.8. The summed E-state index contributed by atoms with van der Waals surface area (Å²) < 4.78 is 0. The molecule has 1 fully saturated rings. The monoisotopic (exact) mass is 631 g/mol. The minimum Gasteiger partial charge on any atom is -0.355 e. The molecule has 4 heterocycles. The van der Waals surface area contributed by atoms with Gasteiger partial charge < -0.3 is 36.2 Å². The molecule has 2 aliphatic heterocycles. The summed E-state index contributed by atoms with van der Waals surface area (Å²) in [5, 5.41) is 17.6. The number of amidine groups is 1. The Kier molecular flexibility index (Phi) is 9.59. The van der Waals surface area contributed by atoms with Gasteiger partial charge in [0.2, 0.25) is 11.9 Å². The van der Waals surface area contributed by atoms with Crippen molar-refractivity contribution in [3.05, 3.63) is 64.4 Å². The molecule has 0 radical (unpaired) electrons. The number of aromatic nitrogens is 3. The average molecular weight is 632 g/mol. The number of carbonyl (C=O) groups is 2. The number of anilines is 2. The van der Waals surface area contributed by atoms with Crippen molar-refractivity contribution in [3.8, 4) is 11.3 Å². The zero-order valence-electron chi connectivity index (χ0n) is 26.0. The zero-order chi connectivity index (χ0) is 32.2. The number of hydrogen-bond donors (Lipinski definition) is 4. The lowest BCUT2D eigenvalue weighted by Gasteiger charge is -2.26. The first-order chi connectivity index (χ1) is 21.6. The maximum atomic E-state index is 13.6. The number of hydrazone groups is 1. The van der Waals surface area contributed by atoms with Gasteiger partial charge in [-0.05, 0) is 58.1 Å². The van der Waals surface area contributed by atoms with Crippen LogP contribution in [0.1, 0.15) is 47.9 Å². The first kappa shape index (κ1) is 31.8. The van der Waals surface area contributed by atoms with E-state index in [2.05, 4.69) is 55.0 Å². The number of rotatable bonds is 10. The normalized spacial score (nSPS) is 17.7. The van der Waals surface area contributed by atoms with Gasteiger partial charge in [-0.25, -0.2) is 15.0 Å². The van der Waals surface area contributed by atoms with Gasteiger partial charge in [-0.2, -0.15) is 5.10 Å². The van der Waals surface area contributed by atoms with Crippen molar-refractivity contribution in [1.29, 1.82) is 5.41 Å². The second-order valence-corrected chi connectivity index (χ2v) is 11.8. The Hall–Kier alpha value is -4.62. The van der Waals surface area contributed by atoms with Gasteiger partial charge in [-0.3, -0.25) is 9.59 Å². The minimum absolute atomic E-state index is 0.193. The van der Waals surface area contributed by atoms with Crippen LogP contribution in [-0.4, -0.2) is 94.9 Å². The van der Waals surface area contributed by atoms with Crippen molar-refractivity contribution in [2.24, 2.45) is 5.10 Å². The number of amides is 2. The summed E-state index contributed by atoms with van der Waals surface area (Å²) >= 11 is 6.44. The highest BCUT2D eigenvalue weighted by Gasteiger charge is 2.35. The van der Waals surface area contributed by atoms with Gasteiger partial charge in [0, 0.05) is 43.9 Å². The first-order valence-electron chi connectivity index (χ1n) is 14.8. The number of pyridine rings is 1. The van der Waals surface area contributed by atoms with Crippen LogP contribution in [0.25, 0.3) is 11.3 Å². The fourth-order valence-electron chi connectivity index (χ4n) is 5.52. The number of hydrogen-bond acceptors (Lipinski definition) is 10. The minimum atomic E-state index is -0.706. The van der Waals surface area contributed by atoms with Crippen LogP contribution in [0.3, 0.4) is 0 Å². The largest absolute Gasteiger partial charge is 0.355 e. The Morgan fingerprint density at radius 3 is 2.73 bits per heavy atom. The number of benzene rings is 1. The second kappa shape index (κ2) is 13.6. The maximum absolute atomic E-state index is 13.6. The summed E-state index contributed by atoms with van der Waals surface area (Å²) in [6.45, 7) is 5.80. The van der Waals surface area contributed by atoms with Gasteiger partial charge in [0.05, 0.1) is 34.9 Å². The SMILES string of the molecule is CN/N=C(\C=N)Nc1ncc(Cl)c(-c2ccc3c(c2)C(=O)N([C@H](C)C(=O)N[C@H](C)c2cccc(N4CC[C@@H](N(C)C)C4)n2)C3)n1. The maximum Gasteiger partial charge on any atom is 0.255 e. The number of carbonyl (C=O) groups excluding carboxylic acids is 2. The van der Waals surface area contributed by atoms with E-state index in [0.717, 1.165) is 42.8 Å². The molecule has 3 atom stereocenters. The Morgan fingerprint density at radius 1 is 1.22 bits per heavy atom. The molecule has 2 aromatic heterocycles. The molecule has 0 saturated carbocycles. The topological polar surface area (TPSA) is 155 Å². The molecule has 45 heavy (non-hydrogen) atoms. The lowest BCUT2D eigenvalue weighted by Crippen LogP contribution is -2.46. The first-order valence-corrected chi connectivity index (χ1v) is 15.1. The summed E-state index contributed by atoms with van der Waals surface area (Å²) in [6.07, 6.45) is 3.55. The fourth-order valence-corrected chi connectivity index (χ4v) is 5.72. The van der Waals surface area contributed by atoms with Gasteiger partial charge in [0.1, 0.15) is 11.9 Å². The Bertz CT molecular complexity index is 1630. The highest BCUT2D eigenvalue weighted by Crippen LogP contribution is 2.32. The fraction of sp³-hybridized carbons (Fsp3) is 0.387. The summed E-state index contributed by atoms with van der Waals surface area (Å²) in [5.74, 6) is 0.797. The third kappa shape index (κ3) is 6.89. The summed E-state index contributed by atoms with van der Waals surface area (Å²) in [4.78, 5) is 46.5. The third-order valence-corrected chi connectivity index (χ3v) is 8.47. The Balaban J connectivity index is 1.26. The van der Waals surface area contributed by atoms with E-state index in [1.807, 2.05) is 37.3 Å². The van der Waals surface area contributed by atoms with Crippen molar-refractivity contribution in [2.45, 2.75) is 44.9 Å². The molecule has 0 unspecified atom stereocenters. The Labute approximate surface area is 267 Å². The van der Waals surface area contributed by atoms with E-state index in [1.165, 1.54) is 6.20 Å². The number of fused-ring (bicyclic) bond motifs is 1. The molecule has 13 nitrogen and oxygen atoms in total. The van der Waals surface area contributed by atoms with E-state index >= 15 is 0 Å². The molecule has 4 N–H and O–H groups in total. The number of halogens is 1. The summed E-state index contributed by atoms with van der Waals surface area (Å²) in [7, 11) is 5.81. The van der Waals surface area contributed by atoms with Crippen LogP contribution in [0.4, 0.5) is 11.8 Å². The summed E-state index contributed by atoms with van der Waals surface area (Å²) in [6, 6.07) is 10.7. The second-order valence-electron chi connectivity index (χ2n) is 11.4. The quantitative estimate of drug-likeness (QED) is 0.150. The number of likely N-dealkylation sites (N-methyl/N-ethyl adjacent to an activating group) is 1. The molecule has 1 aromatic carbocycles. The van der Waals surface area contributed by atoms with Crippen molar-refractivity contribution in [2.75, 3.05) is 44.4 Å². The average Bonchev–Trinajstić information content (AvgIpc) is 3.67. The predicted molar refractivity (Wildman–Crippen MR) is 176 cm³/mol. The van der Waals surface area contributed by atoms with Gasteiger partial charge in [-0.15, -0.1) is 0 Å². The van der Waals surface area contributed by atoms with E-state index < -0.39 is 6.04 Å². The molecule has 236 valence electrons. The lowest BCUT2D eigenvalue weighted by molar-refractivity contribution is -0.125. The van der Waals surface area contributed by atoms with Gasteiger partial charge in [0.15, 0.2) is 5.84 Å². The molecule has 2 aliphatic rings. The van der Waals surface area contributed by atoms with Gasteiger partial charge in [-0.1, -0.05) is 29.8 Å².